The van der Waals surface area contributed by atoms with Gasteiger partial charge in [0.15, 0.2) is 0 Å². The fourth-order valence-electron chi connectivity index (χ4n) is 2.64. The summed E-state index contributed by atoms with van der Waals surface area (Å²) in [6, 6.07) is 9.74. The number of aryl methyl sites for hydroxylation is 1. The number of para-hydroxylation sites is 1. The van der Waals surface area contributed by atoms with Crippen molar-refractivity contribution < 1.29 is 9.53 Å². The van der Waals surface area contributed by atoms with Crippen LogP contribution in [0.4, 0.5) is 5.69 Å². The summed E-state index contributed by atoms with van der Waals surface area (Å²) in [5.41, 5.74) is 2.77. The number of methoxy groups -OCH3 is 1. The number of ether oxygens (including phenoxy) is 1. The average molecular weight is 302 g/mol. The molecule has 1 aliphatic heterocycles. The monoisotopic (exact) mass is 302 g/mol. The highest BCUT2D eigenvalue weighted by molar-refractivity contribution is 7.10. The van der Waals surface area contributed by atoms with Crippen LogP contribution in [0.5, 0.6) is 0 Å². The topological polar surface area (TPSA) is 41.6 Å². The Morgan fingerprint density at radius 1 is 1.33 bits per heavy atom. The number of hydrogen-bond acceptors (Lipinski definition) is 4. The SMILES string of the molecule is COCCN1C(=O)c2ccccc2NC1c1ccsc1C. The molecular weight excluding hydrogens is 284 g/mol. The van der Waals surface area contributed by atoms with Gasteiger partial charge in [-0.25, -0.2) is 0 Å². The van der Waals surface area contributed by atoms with E-state index in [-0.39, 0.29) is 12.1 Å². The Balaban J connectivity index is 2.01. The van der Waals surface area contributed by atoms with Gasteiger partial charge in [0.2, 0.25) is 0 Å². The molecule has 1 atom stereocenters. The molecule has 110 valence electrons. The fraction of sp³-hybridized carbons (Fsp3) is 0.312. The predicted molar refractivity (Wildman–Crippen MR) is 84.8 cm³/mol. The third-order valence-corrected chi connectivity index (χ3v) is 4.61. The minimum Gasteiger partial charge on any atom is -0.383 e. The van der Waals surface area contributed by atoms with Crippen LogP contribution in [0.25, 0.3) is 0 Å². The van der Waals surface area contributed by atoms with Crippen LogP contribution in [0.2, 0.25) is 0 Å². The summed E-state index contributed by atoms with van der Waals surface area (Å²) in [5, 5.41) is 5.55. The Kier molecular flexibility index (Phi) is 3.94. The minimum absolute atomic E-state index is 0.0528. The highest BCUT2D eigenvalue weighted by Crippen LogP contribution is 2.35. The molecule has 0 fully saturated rings. The number of thiophene rings is 1. The number of hydrogen-bond donors (Lipinski definition) is 1. The summed E-state index contributed by atoms with van der Waals surface area (Å²) in [6.07, 6.45) is -0.131. The van der Waals surface area contributed by atoms with Gasteiger partial charge in [0.25, 0.3) is 5.91 Å². The number of carbonyl (C=O) groups excluding carboxylic acids is 1. The van der Waals surface area contributed by atoms with Crippen LogP contribution in [0.1, 0.15) is 27.0 Å². The lowest BCUT2D eigenvalue weighted by Crippen LogP contribution is -2.44. The summed E-state index contributed by atoms with van der Waals surface area (Å²) in [5.74, 6) is 0.0528. The zero-order valence-corrected chi connectivity index (χ0v) is 12.9. The van der Waals surface area contributed by atoms with E-state index >= 15 is 0 Å². The summed E-state index contributed by atoms with van der Waals surface area (Å²) in [7, 11) is 1.65. The second-order valence-electron chi connectivity index (χ2n) is 5.02. The summed E-state index contributed by atoms with van der Waals surface area (Å²) in [6.45, 7) is 3.17. The molecule has 21 heavy (non-hydrogen) atoms. The lowest BCUT2D eigenvalue weighted by atomic mass is 10.0. The molecule has 3 rings (SSSR count). The van der Waals surface area contributed by atoms with Crippen LogP contribution < -0.4 is 5.32 Å². The van der Waals surface area contributed by atoms with Crippen molar-refractivity contribution in [1.29, 1.82) is 0 Å². The van der Waals surface area contributed by atoms with Gasteiger partial charge >= 0.3 is 0 Å². The molecule has 1 aromatic heterocycles. The Morgan fingerprint density at radius 3 is 2.86 bits per heavy atom. The Bertz CT molecular complexity index is 653. The van der Waals surface area contributed by atoms with Crippen LogP contribution in [-0.4, -0.2) is 31.1 Å². The normalized spacial score (nSPS) is 17.5. The van der Waals surface area contributed by atoms with E-state index in [1.54, 1.807) is 18.4 Å². The first kappa shape index (κ1) is 14.1. The number of carbonyl (C=O) groups is 1. The highest BCUT2D eigenvalue weighted by Gasteiger charge is 2.33. The molecule has 2 aromatic rings. The lowest BCUT2D eigenvalue weighted by molar-refractivity contribution is 0.0609. The number of rotatable bonds is 4. The highest BCUT2D eigenvalue weighted by atomic mass is 32.1. The maximum Gasteiger partial charge on any atom is 0.257 e. The lowest BCUT2D eigenvalue weighted by Gasteiger charge is -2.38. The maximum atomic E-state index is 12.8. The van der Waals surface area contributed by atoms with E-state index in [9.17, 15) is 4.79 Å². The molecule has 0 saturated carbocycles. The standard InChI is InChI=1S/C16H18N2O2S/c1-11-12(7-10-21-11)15-17-14-6-4-3-5-13(14)16(19)18(15)8-9-20-2/h3-7,10,15,17H,8-9H2,1-2H3. The van der Waals surface area contributed by atoms with Crippen LogP contribution >= 0.6 is 11.3 Å². The second-order valence-corrected chi connectivity index (χ2v) is 6.14. The van der Waals surface area contributed by atoms with Gasteiger partial charge in [-0.1, -0.05) is 12.1 Å². The van der Waals surface area contributed by atoms with Crippen LogP contribution in [0.15, 0.2) is 35.7 Å². The molecule has 1 aliphatic rings. The molecule has 0 spiro atoms. The summed E-state index contributed by atoms with van der Waals surface area (Å²) < 4.78 is 5.16. The van der Waals surface area contributed by atoms with Crippen molar-refractivity contribution in [2.24, 2.45) is 0 Å². The van der Waals surface area contributed by atoms with Crippen molar-refractivity contribution in [3.63, 3.8) is 0 Å². The van der Waals surface area contributed by atoms with Gasteiger partial charge in [-0.2, -0.15) is 0 Å². The first-order chi connectivity index (χ1) is 10.2. The van der Waals surface area contributed by atoms with Crippen LogP contribution in [-0.2, 0) is 4.74 Å². The van der Waals surface area contributed by atoms with Gasteiger partial charge in [-0.15, -0.1) is 11.3 Å². The molecule has 5 heteroatoms. The van der Waals surface area contributed by atoms with E-state index in [1.807, 2.05) is 29.2 Å². The van der Waals surface area contributed by atoms with Crippen molar-refractivity contribution in [3.05, 3.63) is 51.7 Å². The first-order valence-corrected chi connectivity index (χ1v) is 7.80. The zero-order valence-electron chi connectivity index (χ0n) is 12.1. The minimum atomic E-state index is -0.131. The number of fused-ring (bicyclic) bond motifs is 1. The van der Waals surface area contributed by atoms with Crippen molar-refractivity contribution in [2.45, 2.75) is 13.1 Å². The van der Waals surface area contributed by atoms with Crippen molar-refractivity contribution in [2.75, 3.05) is 25.6 Å². The maximum absolute atomic E-state index is 12.8. The zero-order chi connectivity index (χ0) is 14.8. The van der Waals surface area contributed by atoms with Crippen molar-refractivity contribution in [1.82, 2.24) is 4.90 Å². The number of benzene rings is 1. The number of nitrogens with one attached hydrogen (secondary N) is 1. The van der Waals surface area contributed by atoms with E-state index in [0.29, 0.717) is 13.2 Å². The summed E-state index contributed by atoms with van der Waals surface area (Å²) >= 11 is 1.70. The van der Waals surface area contributed by atoms with E-state index in [1.165, 1.54) is 4.88 Å². The number of anilines is 1. The largest absolute Gasteiger partial charge is 0.383 e. The smallest absolute Gasteiger partial charge is 0.257 e. The van der Waals surface area contributed by atoms with Gasteiger partial charge in [0.1, 0.15) is 6.17 Å². The van der Waals surface area contributed by atoms with E-state index in [4.69, 9.17) is 4.74 Å². The third-order valence-electron chi connectivity index (χ3n) is 3.75. The number of amides is 1. The molecule has 4 nitrogen and oxygen atoms in total. The summed E-state index contributed by atoms with van der Waals surface area (Å²) in [4.78, 5) is 15.8. The third kappa shape index (κ3) is 2.54. The van der Waals surface area contributed by atoms with Gasteiger partial charge in [0, 0.05) is 29.8 Å². The molecule has 1 N–H and O–H groups in total. The van der Waals surface area contributed by atoms with Gasteiger partial charge in [-0.3, -0.25) is 4.79 Å². The van der Waals surface area contributed by atoms with E-state index in [2.05, 4.69) is 23.7 Å². The van der Waals surface area contributed by atoms with Crippen LogP contribution in [0, 0.1) is 6.92 Å². The molecular formula is C16H18N2O2S. The molecule has 1 unspecified atom stereocenters. The van der Waals surface area contributed by atoms with E-state index < -0.39 is 0 Å². The predicted octanol–water partition coefficient (Wildman–Crippen LogP) is 3.27. The fourth-order valence-corrected chi connectivity index (χ4v) is 3.37. The second kappa shape index (κ2) is 5.87. The Morgan fingerprint density at radius 2 is 2.14 bits per heavy atom. The van der Waals surface area contributed by atoms with Crippen molar-refractivity contribution >= 4 is 22.9 Å². The van der Waals surface area contributed by atoms with Crippen molar-refractivity contribution in [3.8, 4) is 0 Å². The van der Waals surface area contributed by atoms with Gasteiger partial charge in [-0.05, 0) is 30.5 Å². The average Bonchev–Trinajstić information content (AvgIpc) is 2.92. The molecule has 1 amide bonds. The van der Waals surface area contributed by atoms with Crippen LogP contribution in [0.3, 0.4) is 0 Å². The molecule has 0 aliphatic carbocycles. The van der Waals surface area contributed by atoms with E-state index in [0.717, 1.165) is 16.8 Å². The Hall–Kier alpha value is -1.85. The quantitative estimate of drug-likeness (QED) is 0.942. The van der Waals surface area contributed by atoms with Gasteiger partial charge < -0.3 is 15.0 Å². The number of nitrogens with zero attached hydrogens (tertiary/aromatic N) is 1. The first-order valence-electron chi connectivity index (χ1n) is 6.92. The molecule has 0 bridgehead atoms. The molecule has 1 aromatic carbocycles. The molecule has 2 heterocycles. The molecule has 0 saturated heterocycles. The molecule has 0 radical (unpaired) electrons. The Labute approximate surface area is 128 Å². The van der Waals surface area contributed by atoms with Gasteiger partial charge in [0.05, 0.1) is 12.2 Å².